The molecule has 1 aliphatic rings. The molecule has 1 aliphatic carbocycles. The second-order valence-corrected chi connectivity index (χ2v) is 7.50. The van der Waals surface area contributed by atoms with Crippen LogP contribution in [0.3, 0.4) is 0 Å². The zero-order chi connectivity index (χ0) is 13.7. The summed E-state index contributed by atoms with van der Waals surface area (Å²) in [4.78, 5) is 15.4. The third-order valence-corrected chi connectivity index (χ3v) is 5.30. The van der Waals surface area contributed by atoms with Crippen LogP contribution in [-0.2, 0) is 11.2 Å². The monoisotopic (exact) mass is 345 g/mol. The number of carbonyl (C=O) groups excluding carboxylic acids is 1. The third kappa shape index (κ3) is 4.29. The zero-order valence-electron chi connectivity index (χ0n) is 11.0. The van der Waals surface area contributed by atoms with Crippen molar-refractivity contribution in [2.45, 2.75) is 44.6 Å². The van der Waals surface area contributed by atoms with E-state index in [9.17, 15) is 4.79 Å². The van der Waals surface area contributed by atoms with Crippen LogP contribution in [0.4, 0.5) is 0 Å². The van der Waals surface area contributed by atoms with Gasteiger partial charge in [0, 0.05) is 23.9 Å². The van der Waals surface area contributed by atoms with Crippen molar-refractivity contribution in [3.8, 4) is 0 Å². The number of halogens is 1. The Balaban J connectivity index is 1.75. The maximum Gasteiger partial charge on any atom is 0.222 e. The standard InChI is InChI=1S/C14H20BrNO2S/c15-13-8-7-12(19-13)5-2-6-14(18)16(9-10-17)11-3-1-4-11/h7-8,11,17H,1-6,9-10H2. The van der Waals surface area contributed by atoms with Crippen LogP contribution in [0.5, 0.6) is 0 Å². The zero-order valence-corrected chi connectivity index (χ0v) is 13.4. The van der Waals surface area contributed by atoms with E-state index >= 15 is 0 Å². The van der Waals surface area contributed by atoms with Crippen molar-refractivity contribution in [1.29, 1.82) is 0 Å². The van der Waals surface area contributed by atoms with Crippen molar-refractivity contribution in [1.82, 2.24) is 4.90 Å². The van der Waals surface area contributed by atoms with Gasteiger partial charge < -0.3 is 10.0 Å². The van der Waals surface area contributed by atoms with Gasteiger partial charge in [0.25, 0.3) is 0 Å². The molecule has 1 N–H and O–H groups in total. The first-order valence-electron chi connectivity index (χ1n) is 6.85. The first-order chi connectivity index (χ1) is 9.20. The Bertz CT molecular complexity index is 417. The molecule has 1 heterocycles. The molecule has 0 aliphatic heterocycles. The van der Waals surface area contributed by atoms with E-state index in [4.69, 9.17) is 5.11 Å². The van der Waals surface area contributed by atoms with Gasteiger partial charge in [-0.15, -0.1) is 11.3 Å². The Hall–Kier alpha value is -0.390. The maximum absolute atomic E-state index is 12.2. The van der Waals surface area contributed by atoms with E-state index in [1.165, 1.54) is 11.3 Å². The van der Waals surface area contributed by atoms with Crippen molar-refractivity contribution < 1.29 is 9.90 Å². The molecule has 0 aromatic carbocycles. The van der Waals surface area contributed by atoms with E-state index in [-0.39, 0.29) is 12.5 Å². The summed E-state index contributed by atoms with van der Waals surface area (Å²) in [5, 5.41) is 9.06. The van der Waals surface area contributed by atoms with Crippen molar-refractivity contribution in [2.24, 2.45) is 0 Å². The van der Waals surface area contributed by atoms with Crippen molar-refractivity contribution in [2.75, 3.05) is 13.2 Å². The van der Waals surface area contributed by atoms with Crippen LogP contribution in [0.15, 0.2) is 15.9 Å². The predicted molar refractivity (Wildman–Crippen MR) is 81.4 cm³/mol. The van der Waals surface area contributed by atoms with Crippen molar-refractivity contribution in [3.05, 3.63) is 20.8 Å². The summed E-state index contributed by atoms with van der Waals surface area (Å²) in [5.41, 5.74) is 0. The number of rotatable bonds is 7. The summed E-state index contributed by atoms with van der Waals surface area (Å²) in [6, 6.07) is 4.54. The topological polar surface area (TPSA) is 40.5 Å². The molecule has 1 saturated carbocycles. The van der Waals surface area contributed by atoms with Gasteiger partial charge in [0.15, 0.2) is 0 Å². The number of thiophene rings is 1. The number of aryl methyl sites for hydroxylation is 1. The molecule has 106 valence electrons. The van der Waals surface area contributed by atoms with Gasteiger partial charge in [-0.05, 0) is 60.2 Å². The maximum atomic E-state index is 12.2. The lowest BCUT2D eigenvalue weighted by Gasteiger charge is -2.37. The van der Waals surface area contributed by atoms with Crippen LogP contribution in [0.1, 0.15) is 37.0 Å². The summed E-state index contributed by atoms with van der Waals surface area (Å²) in [6.07, 6.45) is 5.85. The highest BCUT2D eigenvalue weighted by atomic mass is 79.9. The third-order valence-electron chi connectivity index (χ3n) is 3.62. The van der Waals surface area contributed by atoms with Gasteiger partial charge in [-0.2, -0.15) is 0 Å². The molecule has 5 heteroatoms. The highest BCUT2D eigenvalue weighted by Crippen LogP contribution is 2.26. The van der Waals surface area contributed by atoms with Gasteiger partial charge in [0.2, 0.25) is 5.91 Å². The van der Waals surface area contributed by atoms with E-state index in [1.54, 1.807) is 11.3 Å². The van der Waals surface area contributed by atoms with Crippen LogP contribution in [0.2, 0.25) is 0 Å². The molecular weight excluding hydrogens is 326 g/mol. The van der Waals surface area contributed by atoms with E-state index in [0.29, 0.717) is 19.0 Å². The van der Waals surface area contributed by atoms with Crippen LogP contribution in [-0.4, -0.2) is 35.1 Å². The van der Waals surface area contributed by atoms with Gasteiger partial charge in [-0.3, -0.25) is 4.79 Å². The minimum absolute atomic E-state index is 0.0696. The fourth-order valence-corrected chi connectivity index (χ4v) is 3.89. The second-order valence-electron chi connectivity index (χ2n) is 4.95. The normalized spacial score (nSPS) is 15.3. The molecule has 1 aromatic rings. The Kier molecular flexibility index (Phi) is 5.85. The lowest BCUT2D eigenvalue weighted by atomic mass is 9.91. The summed E-state index contributed by atoms with van der Waals surface area (Å²) >= 11 is 5.18. The molecule has 1 aromatic heterocycles. The molecule has 3 nitrogen and oxygen atoms in total. The average molecular weight is 346 g/mol. The first-order valence-corrected chi connectivity index (χ1v) is 8.46. The minimum Gasteiger partial charge on any atom is -0.395 e. The van der Waals surface area contributed by atoms with E-state index in [0.717, 1.165) is 29.5 Å². The van der Waals surface area contributed by atoms with Crippen LogP contribution in [0.25, 0.3) is 0 Å². The summed E-state index contributed by atoms with van der Waals surface area (Å²) in [7, 11) is 0. The summed E-state index contributed by atoms with van der Waals surface area (Å²) in [5.74, 6) is 0.203. The second kappa shape index (κ2) is 7.41. The molecule has 0 unspecified atom stereocenters. The largest absolute Gasteiger partial charge is 0.395 e. The van der Waals surface area contributed by atoms with Gasteiger partial charge in [-0.25, -0.2) is 0 Å². The fraction of sp³-hybridized carbons (Fsp3) is 0.643. The van der Waals surface area contributed by atoms with Crippen LogP contribution >= 0.6 is 27.3 Å². The number of aliphatic hydroxyl groups excluding tert-OH is 1. The highest BCUT2D eigenvalue weighted by Gasteiger charge is 2.27. The molecule has 0 saturated heterocycles. The summed E-state index contributed by atoms with van der Waals surface area (Å²) < 4.78 is 1.14. The van der Waals surface area contributed by atoms with E-state index in [1.807, 2.05) is 11.0 Å². The van der Waals surface area contributed by atoms with E-state index in [2.05, 4.69) is 22.0 Å². The SMILES string of the molecule is O=C(CCCc1ccc(Br)s1)N(CCO)C1CCC1. The minimum atomic E-state index is 0.0696. The van der Waals surface area contributed by atoms with Crippen LogP contribution < -0.4 is 0 Å². The fourth-order valence-electron chi connectivity index (χ4n) is 2.36. The molecule has 0 spiro atoms. The lowest BCUT2D eigenvalue weighted by Crippen LogP contribution is -2.45. The van der Waals surface area contributed by atoms with Gasteiger partial charge in [0.1, 0.15) is 0 Å². The smallest absolute Gasteiger partial charge is 0.222 e. The molecule has 0 radical (unpaired) electrons. The van der Waals surface area contributed by atoms with Crippen molar-refractivity contribution >= 4 is 33.2 Å². The predicted octanol–water partition coefficient (Wildman–Crippen LogP) is 3.21. The van der Waals surface area contributed by atoms with Gasteiger partial charge in [-0.1, -0.05) is 0 Å². The average Bonchev–Trinajstić information content (AvgIpc) is 2.72. The Labute approximate surface area is 126 Å². The molecular formula is C14H20BrNO2S. The molecule has 2 rings (SSSR count). The molecule has 19 heavy (non-hydrogen) atoms. The quantitative estimate of drug-likeness (QED) is 0.824. The molecule has 1 fully saturated rings. The number of aliphatic hydroxyl groups is 1. The molecule has 0 atom stereocenters. The Morgan fingerprint density at radius 3 is 2.79 bits per heavy atom. The Morgan fingerprint density at radius 2 is 2.26 bits per heavy atom. The van der Waals surface area contributed by atoms with Crippen LogP contribution in [0, 0.1) is 0 Å². The van der Waals surface area contributed by atoms with Gasteiger partial charge >= 0.3 is 0 Å². The number of nitrogens with zero attached hydrogens (tertiary/aromatic N) is 1. The van der Waals surface area contributed by atoms with E-state index < -0.39 is 0 Å². The summed E-state index contributed by atoms with van der Waals surface area (Å²) in [6.45, 7) is 0.564. The number of hydrogen-bond donors (Lipinski definition) is 1. The molecule has 0 bridgehead atoms. The lowest BCUT2D eigenvalue weighted by molar-refractivity contribution is -0.136. The number of hydrogen-bond acceptors (Lipinski definition) is 3. The van der Waals surface area contributed by atoms with Gasteiger partial charge in [0.05, 0.1) is 10.4 Å². The highest BCUT2D eigenvalue weighted by molar-refractivity contribution is 9.11. The number of amides is 1. The first kappa shape index (κ1) is 15.0. The molecule has 1 amide bonds. The number of carbonyl (C=O) groups is 1. The Morgan fingerprint density at radius 1 is 1.47 bits per heavy atom. The van der Waals surface area contributed by atoms with Crippen molar-refractivity contribution in [3.63, 3.8) is 0 Å².